The predicted octanol–water partition coefficient (Wildman–Crippen LogP) is 2.72. The molecule has 3 rings (SSSR count). The third-order valence-electron chi connectivity index (χ3n) is 3.96. The number of hydrogen-bond donors (Lipinski definition) is 1. The van der Waals surface area contributed by atoms with E-state index < -0.39 is 24.3 Å². The van der Waals surface area contributed by atoms with Crippen LogP contribution in [0, 0.1) is 5.82 Å². The molecule has 0 unspecified atom stereocenters. The first-order valence-corrected chi connectivity index (χ1v) is 8.72. The Hall–Kier alpha value is -3.29. The second kappa shape index (κ2) is 9.07. The number of benzene rings is 2. The van der Waals surface area contributed by atoms with Gasteiger partial charge in [0.15, 0.2) is 29.7 Å². The second-order valence-electron chi connectivity index (χ2n) is 6.07. The van der Waals surface area contributed by atoms with Gasteiger partial charge >= 0.3 is 5.97 Å². The molecule has 0 aliphatic carbocycles. The van der Waals surface area contributed by atoms with Crippen LogP contribution >= 0.6 is 0 Å². The largest absolute Gasteiger partial charge is 0.494 e. The number of methoxy groups -OCH3 is 1. The molecule has 2 aromatic carbocycles. The van der Waals surface area contributed by atoms with E-state index >= 15 is 0 Å². The number of carbonyl (C=O) groups excluding carboxylic acids is 2. The van der Waals surface area contributed by atoms with Crippen molar-refractivity contribution in [2.45, 2.75) is 12.8 Å². The minimum absolute atomic E-state index is 0.0895. The Morgan fingerprint density at radius 3 is 2.64 bits per heavy atom. The van der Waals surface area contributed by atoms with Gasteiger partial charge in [-0.05, 0) is 29.8 Å². The fraction of sp³-hybridized carbons (Fsp3) is 0.300. The van der Waals surface area contributed by atoms with Gasteiger partial charge in [-0.2, -0.15) is 0 Å². The highest BCUT2D eigenvalue weighted by molar-refractivity contribution is 5.93. The number of amides is 1. The number of fused-ring (bicyclic) bond motifs is 1. The SMILES string of the molecule is COc1ccc(CC(=O)OCC(=O)Nc2ccc3c(c2)OCCCO3)cc1F. The molecule has 0 fully saturated rings. The lowest BCUT2D eigenvalue weighted by Gasteiger charge is -2.11. The van der Waals surface area contributed by atoms with Crippen LogP contribution in [0.3, 0.4) is 0 Å². The standard InChI is InChI=1S/C20H20FNO6/c1-25-16-5-3-13(9-15(16)21)10-20(24)28-12-19(23)22-14-4-6-17-18(11-14)27-8-2-7-26-17/h3-6,9,11H,2,7-8,10,12H2,1H3,(H,22,23). The summed E-state index contributed by atoms with van der Waals surface area (Å²) in [5.41, 5.74) is 0.925. The summed E-state index contributed by atoms with van der Waals surface area (Å²) < 4.78 is 34.5. The maximum Gasteiger partial charge on any atom is 0.310 e. The van der Waals surface area contributed by atoms with Crippen LogP contribution in [-0.2, 0) is 20.7 Å². The van der Waals surface area contributed by atoms with Crippen molar-refractivity contribution < 1.29 is 32.9 Å². The molecule has 148 valence electrons. The van der Waals surface area contributed by atoms with Gasteiger partial charge in [0.25, 0.3) is 5.91 Å². The molecule has 1 aliphatic heterocycles. The first kappa shape index (κ1) is 19.5. The molecule has 1 amide bonds. The van der Waals surface area contributed by atoms with E-state index in [4.69, 9.17) is 18.9 Å². The van der Waals surface area contributed by atoms with Crippen LogP contribution in [0.4, 0.5) is 10.1 Å². The summed E-state index contributed by atoms with van der Waals surface area (Å²) in [6.45, 7) is 0.659. The van der Waals surface area contributed by atoms with Crippen molar-refractivity contribution in [3.05, 3.63) is 47.8 Å². The first-order valence-electron chi connectivity index (χ1n) is 8.72. The molecule has 1 N–H and O–H groups in total. The monoisotopic (exact) mass is 389 g/mol. The summed E-state index contributed by atoms with van der Waals surface area (Å²) in [7, 11) is 1.36. The predicted molar refractivity (Wildman–Crippen MR) is 98.3 cm³/mol. The molecule has 8 heteroatoms. The van der Waals surface area contributed by atoms with E-state index in [2.05, 4.69) is 5.32 Å². The number of anilines is 1. The molecule has 0 spiro atoms. The molecule has 0 atom stereocenters. The van der Waals surface area contributed by atoms with Crippen LogP contribution < -0.4 is 19.5 Å². The molecule has 7 nitrogen and oxygen atoms in total. The third-order valence-corrected chi connectivity index (χ3v) is 3.96. The van der Waals surface area contributed by atoms with Crippen molar-refractivity contribution in [2.24, 2.45) is 0 Å². The average molecular weight is 389 g/mol. The lowest BCUT2D eigenvalue weighted by atomic mass is 10.1. The zero-order valence-corrected chi connectivity index (χ0v) is 15.3. The molecular weight excluding hydrogens is 369 g/mol. The van der Waals surface area contributed by atoms with Gasteiger partial charge in [-0.25, -0.2) is 4.39 Å². The summed E-state index contributed by atoms with van der Waals surface area (Å²) in [5.74, 6) is -0.448. The topological polar surface area (TPSA) is 83.1 Å². The Labute approximate surface area is 161 Å². The van der Waals surface area contributed by atoms with Crippen molar-refractivity contribution >= 4 is 17.6 Å². The van der Waals surface area contributed by atoms with Crippen molar-refractivity contribution in [1.29, 1.82) is 0 Å². The lowest BCUT2D eigenvalue weighted by molar-refractivity contribution is -0.146. The molecule has 0 radical (unpaired) electrons. The maximum absolute atomic E-state index is 13.6. The number of rotatable bonds is 6. The van der Waals surface area contributed by atoms with Gasteiger partial charge in [0.05, 0.1) is 26.7 Å². The molecule has 0 bridgehead atoms. The maximum atomic E-state index is 13.6. The first-order chi connectivity index (χ1) is 13.5. The van der Waals surface area contributed by atoms with Crippen LogP contribution in [0.15, 0.2) is 36.4 Å². The molecule has 2 aromatic rings. The Morgan fingerprint density at radius 2 is 1.89 bits per heavy atom. The minimum Gasteiger partial charge on any atom is -0.494 e. The highest BCUT2D eigenvalue weighted by Gasteiger charge is 2.14. The number of esters is 1. The zero-order valence-electron chi connectivity index (χ0n) is 15.3. The van der Waals surface area contributed by atoms with E-state index in [0.717, 1.165) is 6.42 Å². The normalized spacial score (nSPS) is 12.6. The Kier molecular flexibility index (Phi) is 6.31. The minimum atomic E-state index is -0.640. The highest BCUT2D eigenvalue weighted by Crippen LogP contribution is 2.32. The van der Waals surface area contributed by atoms with Crippen molar-refractivity contribution in [3.8, 4) is 17.2 Å². The number of carbonyl (C=O) groups is 2. The molecule has 1 heterocycles. The summed E-state index contributed by atoms with van der Waals surface area (Å²) >= 11 is 0. The van der Waals surface area contributed by atoms with E-state index in [-0.39, 0.29) is 12.2 Å². The van der Waals surface area contributed by atoms with Crippen LogP contribution in [0.5, 0.6) is 17.2 Å². The quantitative estimate of drug-likeness (QED) is 0.765. The van der Waals surface area contributed by atoms with Gasteiger partial charge in [-0.1, -0.05) is 6.07 Å². The van der Waals surface area contributed by atoms with E-state index in [1.54, 1.807) is 24.3 Å². The van der Waals surface area contributed by atoms with Crippen molar-refractivity contribution in [3.63, 3.8) is 0 Å². The van der Waals surface area contributed by atoms with Crippen LogP contribution in [-0.4, -0.2) is 38.8 Å². The van der Waals surface area contributed by atoms with E-state index in [1.807, 2.05) is 0 Å². The number of halogens is 1. The summed E-state index contributed by atoms with van der Waals surface area (Å²) in [6.07, 6.45) is 0.628. The van der Waals surface area contributed by atoms with E-state index in [9.17, 15) is 14.0 Å². The van der Waals surface area contributed by atoms with E-state index in [0.29, 0.717) is 36.0 Å². The van der Waals surface area contributed by atoms with Gasteiger partial charge in [-0.15, -0.1) is 0 Å². The van der Waals surface area contributed by atoms with Crippen LogP contribution in [0.25, 0.3) is 0 Å². The van der Waals surface area contributed by atoms with E-state index in [1.165, 1.54) is 19.2 Å². The Bertz CT molecular complexity index is 870. The molecule has 0 saturated heterocycles. The number of nitrogens with one attached hydrogen (secondary N) is 1. The van der Waals surface area contributed by atoms with Gasteiger partial charge < -0.3 is 24.3 Å². The number of hydrogen-bond acceptors (Lipinski definition) is 6. The van der Waals surface area contributed by atoms with Crippen LogP contribution in [0.2, 0.25) is 0 Å². The Morgan fingerprint density at radius 1 is 1.11 bits per heavy atom. The smallest absolute Gasteiger partial charge is 0.310 e. The lowest BCUT2D eigenvalue weighted by Crippen LogP contribution is -2.21. The zero-order chi connectivity index (χ0) is 19.9. The summed E-state index contributed by atoms with van der Waals surface area (Å²) in [4.78, 5) is 23.9. The second-order valence-corrected chi connectivity index (χ2v) is 6.07. The van der Waals surface area contributed by atoms with Crippen LogP contribution in [0.1, 0.15) is 12.0 Å². The molecule has 0 saturated carbocycles. The number of ether oxygens (including phenoxy) is 4. The third kappa shape index (κ3) is 5.12. The fourth-order valence-electron chi connectivity index (χ4n) is 2.62. The van der Waals surface area contributed by atoms with Gasteiger partial charge in [0.1, 0.15) is 0 Å². The molecular formula is C20H20FNO6. The Balaban J connectivity index is 1.49. The average Bonchev–Trinajstić information content (AvgIpc) is 2.91. The highest BCUT2D eigenvalue weighted by atomic mass is 19.1. The van der Waals surface area contributed by atoms with Crippen molar-refractivity contribution in [1.82, 2.24) is 0 Å². The molecule has 28 heavy (non-hydrogen) atoms. The summed E-state index contributed by atoms with van der Waals surface area (Å²) in [6, 6.07) is 9.21. The van der Waals surface area contributed by atoms with Gasteiger partial charge in [0, 0.05) is 18.2 Å². The van der Waals surface area contributed by atoms with Crippen molar-refractivity contribution in [2.75, 3.05) is 32.2 Å². The summed E-state index contributed by atoms with van der Waals surface area (Å²) in [5, 5.41) is 2.63. The molecule has 1 aliphatic rings. The molecule has 0 aromatic heterocycles. The fourth-order valence-corrected chi connectivity index (χ4v) is 2.62. The van der Waals surface area contributed by atoms with Gasteiger partial charge in [-0.3, -0.25) is 9.59 Å². The van der Waals surface area contributed by atoms with Gasteiger partial charge in [0.2, 0.25) is 0 Å².